The van der Waals surface area contributed by atoms with Crippen LogP contribution in [0.4, 0.5) is 5.69 Å². The molecule has 0 unspecified atom stereocenters. The van der Waals surface area contributed by atoms with E-state index < -0.39 is 11.5 Å². The Labute approximate surface area is 165 Å². The molecule has 0 fully saturated rings. The number of fused-ring (bicyclic) bond motifs is 1. The second-order valence-electron chi connectivity index (χ2n) is 7.33. The number of ether oxygens (including phenoxy) is 2. The van der Waals surface area contributed by atoms with Gasteiger partial charge in [-0.1, -0.05) is 13.0 Å². The Hall–Kier alpha value is -2.83. The van der Waals surface area contributed by atoms with Crippen LogP contribution in [-0.2, 0) is 9.53 Å². The predicted octanol–water partition coefficient (Wildman–Crippen LogP) is 3.38. The first-order chi connectivity index (χ1) is 13.2. The summed E-state index contributed by atoms with van der Waals surface area (Å²) in [7, 11) is 0. The molecule has 2 rings (SSSR count). The average molecular weight is 387 g/mol. The Balaban J connectivity index is 2.36. The molecule has 0 bridgehead atoms. The molecule has 28 heavy (non-hydrogen) atoms. The monoisotopic (exact) mass is 387 g/mol. The second-order valence-corrected chi connectivity index (χ2v) is 7.33. The zero-order chi connectivity index (χ0) is 20.9. The molecule has 1 aromatic carbocycles. The Morgan fingerprint density at radius 2 is 1.96 bits per heavy atom. The molecule has 1 aromatic heterocycles. The first-order valence-corrected chi connectivity index (χ1v) is 9.50. The lowest BCUT2D eigenvalue weighted by atomic mass is 10.0. The number of nitrogens with zero attached hydrogens (tertiary/aromatic N) is 1. The van der Waals surface area contributed by atoms with Gasteiger partial charge in [0.05, 0.1) is 34.4 Å². The summed E-state index contributed by atoms with van der Waals surface area (Å²) in [5.41, 5.74) is 7.43. The van der Waals surface area contributed by atoms with Crippen molar-refractivity contribution in [2.24, 2.45) is 0 Å². The highest BCUT2D eigenvalue weighted by atomic mass is 16.5. The van der Waals surface area contributed by atoms with Crippen LogP contribution >= 0.6 is 0 Å². The number of carbonyl (C=O) groups excluding carboxylic acids is 2. The van der Waals surface area contributed by atoms with Gasteiger partial charge in [-0.3, -0.25) is 9.78 Å². The van der Waals surface area contributed by atoms with Crippen LogP contribution in [0.3, 0.4) is 0 Å². The van der Waals surface area contributed by atoms with Crippen LogP contribution in [0.2, 0.25) is 0 Å². The van der Waals surface area contributed by atoms with E-state index >= 15 is 0 Å². The average Bonchev–Trinajstić information content (AvgIpc) is 2.59. The quantitative estimate of drug-likeness (QED) is 0.673. The lowest BCUT2D eigenvalue weighted by molar-refractivity contribution is -0.123. The van der Waals surface area contributed by atoms with Gasteiger partial charge in [0.2, 0.25) is 5.91 Å². The van der Waals surface area contributed by atoms with Crippen molar-refractivity contribution in [3.8, 4) is 5.75 Å². The summed E-state index contributed by atoms with van der Waals surface area (Å²) in [6.45, 7) is 9.69. The number of esters is 1. The normalized spacial score (nSPS) is 11.3. The summed E-state index contributed by atoms with van der Waals surface area (Å²) in [5, 5.41) is 3.52. The SMILES string of the molecule is CCCC(=O)NC(C)(C)COc1cccc2nc(C)c(C(=O)OCC)c(N)c12. The largest absolute Gasteiger partial charge is 0.490 e. The van der Waals surface area contributed by atoms with Gasteiger partial charge < -0.3 is 20.5 Å². The summed E-state index contributed by atoms with van der Waals surface area (Å²) >= 11 is 0. The first-order valence-electron chi connectivity index (χ1n) is 9.50. The highest BCUT2D eigenvalue weighted by Crippen LogP contribution is 2.34. The maximum absolute atomic E-state index is 12.3. The van der Waals surface area contributed by atoms with Crippen LogP contribution in [0.25, 0.3) is 10.9 Å². The van der Waals surface area contributed by atoms with Gasteiger partial charge in [-0.05, 0) is 46.2 Å². The Morgan fingerprint density at radius 3 is 2.61 bits per heavy atom. The number of amides is 1. The third-order valence-corrected chi connectivity index (χ3v) is 4.22. The van der Waals surface area contributed by atoms with Crippen LogP contribution in [0.1, 0.15) is 56.6 Å². The molecule has 7 heteroatoms. The number of rotatable bonds is 8. The summed E-state index contributed by atoms with van der Waals surface area (Å²) in [4.78, 5) is 28.7. The van der Waals surface area contributed by atoms with Crippen molar-refractivity contribution in [1.82, 2.24) is 10.3 Å². The molecule has 0 radical (unpaired) electrons. The van der Waals surface area contributed by atoms with E-state index in [1.165, 1.54) is 0 Å². The summed E-state index contributed by atoms with van der Waals surface area (Å²) in [6.07, 6.45) is 1.25. The zero-order valence-electron chi connectivity index (χ0n) is 17.2. The van der Waals surface area contributed by atoms with E-state index in [0.29, 0.717) is 28.8 Å². The molecule has 0 aliphatic heterocycles. The van der Waals surface area contributed by atoms with E-state index in [1.807, 2.05) is 32.9 Å². The van der Waals surface area contributed by atoms with E-state index in [0.717, 1.165) is 6.42 Å². The van der Waals surface area contributed by atoms with Crippen molar-refractivity contribution in [3.63, 3.8) is 0 Å². The molecule has 0 atom stereocenters. The molecule has 152 valence electrons. The van der Waals surface area contributed by atoms with Gasteiger partial charge in [0.1, 0.15) is 17.9 Å². The van der Waals surface area contributed by atoms with Gasteiger partial charge in [0.25, 0.3) is 0 Å². The molecule has 7 nitrogen and oxygen atoms in total. The number of nitrogens with two attached hydrogens (primary N) is 1. The second kappa shape index (κ2) is 8.91. The minimum absolute atomic E-state index is 0.0181. The number of pyridine rings is 1. The standard InChI is InChI=1S/C21H29N3O4/c1-6-9-16(25)24-21(4,5)12-28-15-11-8-10-14-18(15)19(22)17(13(3)23-14)20(26)27-7-2/h8,10-11H,6-7,9,12H2,1-5H3,(H2,22,23)(H,24,25). The molecule has 2 aromatic rings. The molecular formula is C21H29N3O4. The summed E-state index contributed by atoms with van der Waals surface area (Å²) in [6, 6.07) is 5.40. The molecule has 0 spiro atoms. The van der Waals surface area contributed by atoms with Crippen LogP contribution in [-0.4, -0.2) is 35.6 Å². The fourth-order valence-electron chi connectivity index (χ4n) is 2.98. The van der Waals surface area contributed by atoms with Crippen molar-refractivity contribution in [2.75, 3.05) is 18.9 Å². The number of nitrogen functional groups attached to an aromatic ring is 1. The Morgan fingerprint density at radius 1 is 1.25 bits per heavy atom. The Kier molecular flexibility index (Phi) is 6.83. The number of hydrogen-bond donors (Lipinski definition) is 2. The lowest BCUT2D eigenvalue weighted by Gasteiger charge is -2.27. The van der Waals surface area contributed by atoms with Crippen LogP contribution in [0.5, 0.6) is 5.75 Å². The van der Waals surface area contributed by atoms with Crippen molar-refractivity contribution < 1.29 is 19.1 Å². The number of hydrogen-bond acceptors (Lipinski definition) is 6. The van der Waals surface area contributed by atoms with Gasteiger partial charge >= 0.3 is 5.97 Å². The fraction of sp³-hybridized carbons (Fsp3) is 0.476. The number of aromatic nitrogens is 1. The number of anilines is 1. The topological polar surface area (TPSA) is 104 Å². The number of carbonyl (C=O) groups is 2. The van der Waals surface area contributed by atoms with E-state index in [1.54, 1.807) is 19.9 Å². The van der Waals surface area contributed by atoms with Gasteiger partial charge in [-0.15, -0.1) is 0 Å². The third-order valence-electron chi connectivity index (χ3n) is 4.22. The lowest BCUT2D eigenvalue weighted by Crippen LogP contribution is -2.47. The third kappa shape index (κ3) is 4.91. The zero-order valence-corrected chi connectivity index (χ0v) is 17.2. The van der Waals surface area contributed by atoms with Gasteiger partial charge in [0.15, 0.2) is 0 Å². The van der Waals surface area contributed by atoms with E-state index in [2.05, 4.69) is 10.3 Å². The van der Waals surface area contributed by atoms with Crippen molar-refractivity contribution in [3.05, 3.63) is 29.5 Å². The molecule has 0 saturated heterocycles. The van der Waals surface area contributed by atoms with Crippen molar-refractivity contribution >= 4 is 28.5 Å². The molecule has 0 saturated carbocycles. The van der Waals surface area contributed by atoms with E-state index in [9.17, 15) is 9.59 Å². The molecular weight excluding hydrogens is 358 g/mol. The molecule has 0 aliphatic rings. The molecule has 1 amide bonds. The van der Waals surface area contributed by atoms with Gasteiger partial charge in [-0.2, -0.15) is 0 Å². The predicted molar refractivity (Wildman–Crippen MR) is 109 cm³/mol. The highest BCUT2D eigenvalue weighted by molar-refractivity contribution is 6.07. The van der Waals surface area contributed by atoms with Gasteiger partial charge in [-0.25, -0.2) is 4.79 Å². The maximum Gasteiger partial charge on any atom is 0.342 e. The fourth-order valence-corrected chi connectivity index (χ4v) is 2.98. The molecule has 1 heterocycles. The highest BCUT2D eigenvalue weighted by Gasteiger charge is 2.24. The van der Waals surface area contributed by atoms with E-state index in [-0.39, 0.29) is 30.4 Å². The smallest absolute Gasteiger partial charge is 0.342 e. The minimum Gasteiger partial charge on any atom is -0.490 e. The van der Waals surface area contributed by atoms with Crippen molar-refractivity contribution in [2.45, 2.75) is 53.0 Å². The number of benzene rings is 1. The van der Waals surface area contributed by atoms with Crippen molar-refractivity contribution in [1.29, 1.82) is 0 Å². The Bertz CT molecular complexity index is 878. The first kappa shape index (κ1) is 21.5. The summed E-state index contributed by atoms with van der Waals surface area (Å²) in [5.74, 6) is -0.0184. The molecule has 3 N–H and O–H groups in total. The van der Waals surface area contributed by atoms with E-state index in [4.69, 9.17) is 15.2 Å². The number of aryl methyl sites for hydroxylation is 1. The molecule has 0 aliphatic carbocycles. The van der Waals surface area contributed by atoms with Crippen LogP contribution < -0.4 is 15.8 Å². The van der Waals surface area contributed by atoms with Crippen LogP contribution in [0, 0.1) is 6.92 Å². The maximum atomic E-state index is 12.3. The number of nitrogens with one attached hydrogen (secondary N) is 1. The van der Waals surface area contributed by atoms with Crippen LogP contribution in [0.15, 0.2) is 18.2 Å². The minimum atomic E-state index is -0.564. The van der Waals surface area contributed by atoms with Gasteiger partial charge in [0, 0.05) is 6.42 Å². The summed E-state index contributed by atoms with van der Waals surface area (Å²) < 4.78 is 11.1.